The molecule has 0 saturated carbocycles. The monoisotopic (exact) mass is 343 g/mol. The Bertz CT molecular complexity index is 799. The SMILES string of the molecule is CCCC(c1cc2cc(OC)ccc2c(=O)n1C)N1CCCN(C)C1. The number of pyridine rings is 1. The molecule has 1 unspecified atom stereocenters. The molecule has 1 atom stereocenters. The van der Waals surface area contributed by atoms with E-state index in [9.17, 15) is 4.79 Å². The van der Waals surface area contributed by atoms with Crippen molar-refractivity contribution in [1.29, 1.82) is 0 Å². The van der Waals surface area contributed by atoms with E-state index in [-0.39, 0.29) is 11.6 Å². The molecule has 1 fully saturated rings. The first-order valence-corrected chi connectivity index (χ1v) is 9.15. The van der Waals surface area contributed by atoms with E-state index in [1.165, 1.54) is 6.42 Å². The van der Waals surface area contributed by atoms with Gasteiger partial charge in [0.1, 0.15) is 5.75 Å². The minimum atomic E-state index is 0.0709. The molecule has 0 N–H and O–H groups in total. The van der Waals surface area contributed by atoms with Gasteiger partial charge in [-0.15, -0.1) is 0 Å². The van der Waals surface area contributed by atoms with E-state index in [1.54, 1.807) is 7.11 Å². The van der Waals surface area contributed by atoms with Crippen LogP contribution < -0.4 is 10.3 Å². The summed E-state index contributed by atoms with van der Waals surface area (Å²) in [5.74, 6) is 0.788. The smallest absolute Gasteiger partial charge is 0.258 e. The maximum Gasteiger partial charge on any atom is 0.258 e. The van der Waals surface area contributed by atoms with E-state index >= 15 is 0 Å². The highest BCUT2D eigenvalue weighted by molar-refractivity contribution is 5.83. The molecule has 2 aromatic rings. The van der Waals surface area contributed by atoms with Gasteiger partial charge in [-0.2, -0.15) is 0 Å². The summed E-state index contributed by atoms with van der Waals surface area (Å²) in [6.45, 7) is 5.39. The zero-order valence-corrected chi connectivity index (χ0v) is 15.8. The lowest BCUT2D eigenvalue weighted by Gasteiger charge is -2.39. The van der Waals surface area contributed by atoms with E-state index in [4.69, 9.17) is 4.74 Å². The van der Waals surface area contributed by atoms with Gasteiger partial charge in [0.05, 0.1) is 19.8 Å². The minimum absolute atomic E-state index is 0.0709. The Labute approximate surface area is 149 Å². The highest BCUT2D eigenvalue weighted by Gasteiger charge is 2.26. The Hall–Kier alpha value is -1.85. The van der Waals surface area contributed by atoms with E-state index < -0.39 is 0 Å². The number of methoxy groups -OCH3 is 1. The van der Waals surface area contributed by atoms with Gasteiger partial charge in [0.25, 0.3) is 5.56 Å². The number of hydrogen-bond donors (Lipinski definition) is 0. The molecular formula is C20H29N3O2. The van der Waals surface area contributed by atoms with Crippen LogP contribution in [-0.2, 0) is 7.05 Å². The zero-order valence-electron chi connectivity index (χ0n) is 15.8. The van der Waals surface area contributed by atoms with Gasteiger partial charge in [0.2, 0.25) is 0 Å². The van der Waals surface area contributed by atoms with Crippen LogP contribution in [0.3, 0.4) is 0 Å². The summed E-state index contributed by atoms with van der Waals surface area (Å²) >= 11 is 0. The summed E-state index contributed by atoms with van der Waals surface area (Å²) in [5, 5.41) is 1.71. The number of nitrogens with zero attached hydrogens (tertiary/aromatic N) is 3. The summed E-state index contributed by atoms with van der Waals surface area (Å²) in [7, 11) is 5.73. The highest BCUT2D eigenvalue weighted by atomic mass is 16.5. The second kappa shape index (κ2) is 7.58. The molecule has 1 aliphatic heterocycles. The molecule has 5 nitrogen and oxygen atoms in total. The van der Waals surface area contributed by atoms with Gasteiger partial charge in [0, 0.05) is 31.2 Å². The van der Waals surface area contributed by atoms with Gasteiger partial charge in [-0.1, -0.05) is 13.3 Å². The van der Waals surface area contributed by atoms with Gasteiger partial charge in [-0.3, -0.25) is 14.6 Å². The Balaban J connectivity index is 2.09. The number of aromatic nitrogens is 1. The third-order valence-corrected chi connectivity index (χ3v) is 5.24. The van der Waals surface area contributed by atoms with Crippen molar-refractivity contribution >= 4 is 10.8 Å². The van der Waals surface area contributed by atoms with Gasteiger partial charge >= 0.3 is 0 Å². The summed E-state index contributed by atoms with van der Waals surface area (Å²) in [4.78, 5) is 17.8. The van der Waals surface area contributed by atoms with Crippen molar-refractivity contribution in [3.05, 3.63) is 40.3 Å². The van der Waals surface area contributed by atoms with Crippen molar-refractivity contribution in [3.8, 4) is 5.75 Å². The van der Waals surface area contributed by atoms with Crippen molar-refractivity contribution in [1.82, 2.24) is 14.4 Å². The van der Waals surface area contributed by atoms with Crippen molar-refractivity contribution in [3.63, 3.8) is 0 Å². The number of hydrogen-bond acceptors (Lipinski definition) is 4. The normalized spacial score (nSPS) is 17.8. The molecule has 0 amide bonds. The second-order valence-electron chi connectivity index (χ2n) is 7.08. The topological polar surface area (TPSA) is 37.7 Å². The van der Waals surface area contributed by atoms with Crippen LogP contribution in [0.1, 0.15) is 37.9 Å². The molecular weight excluding hydrogens is 314 g/mol. The molecule has 25 heavy (non-hydrogen) atoms. The van der Waals surface area contributed by atoms with Gasteiger partial charge in [0.15, 0.2) is 0 Å². The average molecular weight is 343 g/mol. The lowest BCUT2D eigenvalue weighted by molar-refractivity contribution is 0.0608. The molecule has 2 heterocycles. The second-order valence-corrected chi connectivity index (χ2v) is 7.08. The molecule has 3 rings (SSSR count). The maximum absolute atomic E-state index is 12.9. The summed E-state index contributed by atoms with van der Waals surface area (Å²) < 4.78 is 7.18. The number of benzene rings is 1. The molecule has 0 radical (unpaired) electrons. The quantitative estimate of drug-likeness (QED) is 0.836. The summed E-state index contributed by atoms with van der Waals surface area (Å²) in [6, 6.07) is 8.12. The van der Waals surface area contributed by atoms with Crippen LogP contribution in [0.25, 0.3) is 10.8 Å². The fourth-order valence-electron chi connectivity index (χ4n) is 3.90. The fraction of sp³-hybridized carbons (Fsp3) is 0.550. The minimum Gasteiger partial charge on any atom is -0.497 e. The molecule has 1 aromatic carbocycles. The van der Waals surface area contributed by atoms with Gasteiger partial charge in [-0.05, 0) is 49.5 Å². The standard InChI is InChI=1S/C20H29N3O2/c1-5-7-18(23-11-6-10-21(2)14-23)19-13-15-12-16(25-4)8-9-17(15)20(24)22(19)3/h8-9,12-13,18H,5-7,10-11,14H2,1-4H3. The molecule has 136 valence electrons. The van der Waals surface area contributed by atoms with Crippen molar-refractivity contribution in [2.45, 2.75) is 32.2 Å². The van der Waals surface area contributed by atoms with Crippen molar-refractivity contribution < 1.29 is 4.74 Å². The van der Waals surface area contributed by atoms with E-state index in [0.717, 1.165) is 54.8 Å². The Morgan fingerprint density at radius 1 is 1.20 bits per heavy atom. The van der Waals surface area contributed by atoms with E-state index in [0.29, 0.717) is 0 Å². The number of rotatable bonds is 5. The van der Waals surface area contributed by atoms with Crippen LogP contribution in [0.5, 0.6) is 5.75 Å². The summed E-state index contributed by atoms with van der Waals surface area (Å²) in [6.07, 6.45) is 3.32. The molecule has 0 aliphatic carbocycles. The molecule has 5 heteroatoms. The van der Waals surface area contributed by atoms with Crippen LogP contribution in [0, 0.1) is 0 Å². The number of fused-ring (bicyclic) bond motifs is 1. The van der Waals surface area contributed by atoms with Gasteiger partial charge < -0.3 is 9.30 Å². The third-order valence-electron chi connectivity index (χ3n) is 5.24. The van der Waals surface area contributed by atoms with E-state index in [2.05, 4.69) is 29.8 Å². The number of ether oxygens (including phenoxy) is 1. The van der Waals surface area contributed by atoms with Crippen LogP contribution in [0.15, 0.2) is 29.1 Å². The summed E-state index contributed by atoms with van der Waals surface area (Å²) in [5.41, 5.74) is 1.17. The van der Waals surface area contributed by atoms with Crippen molar-refractivity contribution in [2.75, 3.05) is 33.9 Å². The molecule has 1 saturated heterocycles. The molecule has 1 aromatic heterocycles. The lowest BCUT2D eigenvalue weighted by Crippen LogP contribution is -2.45. The van der Waals surface area contributed by atoms with Crippen LogP contribution in [0.4, 0.5) is 0 Å². The molecule has 1 aliphatic rings. The Morgan fingerprint density at radius 3 is 2.68 bits per heavy atom. The Morgan fingerprint density at radius 2 is 2.00 bits per heavy atom. The highest BCUT2D eigenvalue weighted by Crippen LogP contribution is 2.29. The van der Waals surface area contributed by atoms with Gasteiger partial charge in [-0.25, -0.2) is 0 Å². The van der Waals surface area contributed by atoms with Crippen LogP contribution in [0.2, 0.25) is 0 Å². The lowest BCUT2D eigenvalue weighted by atomic mass is 10.0. The van der Waals surface area contributed by atoms with E-state index in [1.807, 2.05) is 29.8 Å². The largest absolute Gasteiger partial charge is 0.497 e. The Kier molecular flexibility index (Phi) is 5.45. The predicted molar refractivity (Wildman–Crippen MR) is 102 cm³/mol. The third kappa shape index (κ3) is 3.58. The first-order valence-electron chi connectivity index (χ1n) is 9.15. The van der Waals surface area contributed by atoms with Crippen LogP contribution >= 0.6 is 0 Å². The van der Waals surface area contributed by atoms with Crippen LogP contribution in [-0.4, -0.2) is 48.3 Å². The fourth-order valence-corrected chi connectivity index (χ4v) is 3.90. The zero-order chi connectivity index (χ0) is 18.0. The molecule has 0 spiro atoms. The molecule has 0 bridgehead atoms. The predicted octanol–water partition coefficient (Wildman–Crippen LogP) is 2.98. The first kappa shape index (κ1) is 18.0. The first-order chi connectivity index (χ1) is 12.0. The van der Waals surface area contributed by atoms with Crippen molar-refractivity contribution in [2.24, 2.45) is 7.05 Å². The average Bonchev–Trinajstić information content (AvgIpc) is 2.62. The maximum atomic E-state index is 12.9.